The highest BCUT2D eigenvalue weighted by Gasteiger charge is 2.32. The third-order valence-corrected chi connectivity index (χ3v) is 3.05. The third-order valence-electron chi connectivity index (χ3n) is 3.05. The van der Waals surface area contributed by atoms with Crippen LogP contribution in [0.1, 0.15) is 6.42 Å². The molecule has 0 saturated carbocycles. The molecular formula is C13H18N2O4. The van der Waals surface area contributed by atoms with E-state index in [0.29, 0.717) is 11.4 Å². The number of aliphatic hydroxyl groups is 2. The molecular weight excluding hydrogens is 248 g/mol. The molecule has 0 bridgehead atoms. The van der Waals surface area contributed by atoms with Crippen molar-refractivity contribution in [1.82, 2.24) is 4.90 Å². The molecule has 1 aromatic rings. The summed E-state index contributed by atoms with van der Waals surface area (Å²) in [4.78, 5) is 13.2. The molecule has 1 amide bonds. The molecule has 1 heterocycles. The fourth-order valence-corrected chi connectivity index (χ4v) is 1.99. The second-order valence-electron chi connectivity index (χ2n) is 4.60. The molecule has 4 N–H and O–H groups in total. The minimum Gasteiger partial charge on any atom is -0.493 e. The summed E-state index contributed by atoms with van der Waals surface area (Å²) in [6, 6.07) is 6.99. The maximum absolute atomic E-state index is 11.8. The minimum atomic E-state index is -0.848. The normalized spacial score (nSPS) is 22.5. The van der Waals surface area contributed by atoms with E-state index < -0.39 is 12.2 Å². The van der Waals surface area contributed by atoms with Gasteiger partial charge in [-0.1, -0.05) is 6.07 Å². The van der Waals surface area contributed by atoms with Gasteiger partial charge in [-0.15, -0.1) is 0 Å². The number of nitrogens with two attached hydrogens (primary N) is 1. The van der Waals surface area contributed by atoms with Crippen LogP contribution in [-0.2, 0) is 4.79 Å². The number of carbonyl (C=O) groups excluding carboxylic acids is 1. The largest absolute Gasteiger partial charge is 0.493 e. The van der Waals surface area contributed by atoms with Crippen molar-refractivity contribution in [3.8, 4) is 5.75 Å². The van der Waals surface area contributed by atoms with Gasteiger partial charge in [0.25, 0.3) is 0 Å². The molecule has 2 unspecified atom stereocenters. The van der Waals surface area contributed by atoms with E-state index in [9.17, 15) is 15.0 Å². The van der Waals surface area contributed by atoms with Crippen LogP contribution >= 0.6 is 0 Å². The number of amides is 1. The minimum absolute atomic E-state index is 0.139. The predicted octanol–water partition coefficient (Wildman–Crippen LogP) is -0.398. The fraction of sp³-hybridized carbons (Fsp3) is 0.462. The number of anilines is 1. The van der Waals surface area contributed by atoms with E-state index in [1.807, 2.05) is 0 Å². The molecule has 1 saturated heterocycles. The molecule has 1 aromatic carbocycles. The second-order valence-corrected chi connectivity index (χ2v) is 4.60. The lowest BCUT2D eigenvalue weighted by atomic mass is 10.3. The molecule has 6 nitrogen and oxygen atoms in total. The Bertz CT molecular complexity index is 442. The number of carbonyl (C=O) groups is 1. The van der Waals surface area contributed by atoms with Gasteiger partial charge in [-0.3, -0.25) is 4.79 Å². The molecule has 19 heavy (non-hydrogen) atoms. The van der Waals surface area contributed by atoms with Crippen LogP contribution in [0.4, 0.5) is 5.69 Å². The number of nitrogen functional groups attached to an aromatic ring is 1. The molecule has 1 fully saturated rings. The van der Waals surface area contributed by atoms with Gasteiger partial charge in [0, 0.05) is 24.8 Å². The highest BCUT2D eigenvalue weighted by molar-refractivity contribution is 5.76. The van der Waals surface area contributed by atoms with Crippen molar-refractivity contribution in [1.29, 1.82) is 0 Å². The summed E-state index contributed by atoms with van der Waals surface area (Å²) in [5.74, 6) is 0.480. The molecule has 0 radical (unpaired) electrons. The first-order valence-electron chi connectivity index (χ1n) is 6.18. The van der Waals surface area contributed by atoms with Crippen LogP contribution in [-0.4, -0.2) is 52.9 Å². The van der Waals surface area contributed by atoms with E-state index in [4.69, 9.17) is 10.5 Å². The monoisotopic (exact) mass is 266 g/mol. The first-order valence-corrected chi connectivity index (χ1v) is 6.18. The number of β-amino-alcohol motifs (C(OH)–C–C–N with tert-alkyl or cyclic N) is 2. The number of nitrogens with zero attached hydrogens (tertiary/aromatic N) is 1. The Labute approximate surface area is 111 Å². The summed E-state index contributed by atoms with van der Waals surface area (Å²) in [6.45, 7) is 0.599. The zero-order chi connectivity index (χ0) is 13.8. The van der Waals surface area contributed by atoms with Crippen LogP contribution in [0.5, 0.6) is 5.75 Å². The van der Waals surface area contributed by atoms with Gasteiger partial charge < -0.3 is 25.6 Å². The number of rotatable bonds is 4. The molecule has 0 aliphatic carbocycles. The molecule has 2 rings (SSSR count). The van der Waals surface area contributed by atoms with Gasteiger partial charge in [0.2, 0.25) is 5.91 Å². The van der Waals surface area contributed by atoms with E-state index in [1.165, 1.54) is 4.90 Å². The van der Waals surface area contributed by atoms with E-state index in [2.05, 4.69) is 0 Å². The van der Waals surface area contributed by atoms with Crippen LogP contribution in [0, 0.1) is 0 Å². The van der Waals surface area contributed by atoms with Crippen molar-refractivity contribution in [2.75, 3.05) is 25.4 Å². The van der Waals surface area contributed by atoms with Gasteiger partial charge in [0.05, 0.1) is 25.2 Å². The molecule has 0 aromatic heterocycles. The SMILES string of the molecule is Nc1cccc(OCCC(=O)N2CC(O)C(O)C2)c1. The topological polar surface area (TPSA) is 96.0 Å². The van der Waals surface area contributed by atoms with Gasteiger partial charge in [0.15, 0.2) is 0 Å². The number of likely N-dealkylation sites (tertiary alicyclic amines) is 1. The number of aliphatic hydroxyl groups excluding tert-OH is 2. The average Bonchev–Trinajstić information content (AvgIpc) is 2.70. The Morgan fingerprint density at radius 2 is 2.05 bits per heavy atom. The van der Waals surface area contributed by atoms with Crippen molar-refractivity contribution in [2.45, 2.75) is 18.6 Å². The summed E-state index contributed by atoms with van der Waals surface area (Å²) in [7, 11) is 0. The molecule has 6 heteroatoms. The van der Waals surface area contributed by atoms with E-state index in [1.54, 1.807) is 24.3 Å². The number of hydrogen-bond donors (Lipinski definition) is 3. The number of ether oxygens (including phenoxy) is 1. The van der Waals surface area contributed by atoms with Gasteiger partial charge >= 0.3 is 0 Å². The summed E-state index contributed by atoms with van der Waals surface area (Å²) in [5.41, 5.74) is 6.22. The van der Waals surface area contributed by atoms with Gasteiger partial charge in [0.1, 0.15) is 5.75 Å². The highest BCUT2D eigenvalue weighted by Crippen LogP contribution is 2.15. The highest BCUT2D eigenvalue weighted by atomic mass is 16.5. The van der Waals surface area contributed by atoms with Crippen LogP contribution in [0.15, 0.2) is 24.3 Å². The van der Waals surface area contributed by atoms with Crippen LogP contribution < -0.4 is 10.5 Å². The zero-order valence-corrected chi connectivity index (χ0v) is 10.5. The predicted molar refractivity (Wildman–Crippen MR) is 69.6 cm³/mol. The molecule has 2 atom stereocenters. The first kappa shape index (κ1) is 13.6. The Kier molecular flexibility index (Phi) is 4.24. The lowest BCUT2D eigenvalue weighted by Crippen LogP contribution is -2.30. The first-order chi connectivity index (χ1) is 9.06. The molecule has 1 aliphatic heterocycles. The smallest absolute Gasteiger partial charge is 0.226 e. The third kappa shape index (κ3) is 3.59. The van der Waals surface area contributed by atoms with Crippen molar-refractivity contribution < 1.29 is 19.7 Å². The van der Waals surface area contributed by atoms with Gasteiger partial charge in [-0.25, -0.2) is 0 Å². The van der Waals surface area contributed by atoms with Crippen molar-refractivity contribution in [3.05, 3.63) is 24.3 Å². The number of hydrogen-bond acceptors (Lipinski definition) is 5. The molecule has 104 valence electrons. The lowest BCUT2D eigenvalue weighted by Gasteiger charge is -2.15. The van der Waals surface area contributed by atoms with E-state index >= 15 is 0 Å². The van der Waals surface area contributed by atoms with Crippen molar-refractivity contribution in [3.63, 3.8) is 0 Å². The Morgan fingerprint density at radius 1 is 1.37 bits per heavy atom. The van der Waals surface area contributed by atoms with E-state index in [0.717, 1.165) is 0 Å². The maximum atomic E-state index is 11.8. The molecule has 1 aliphatic rings. The van der Waals surface area contributed by atoms with Crippen molar-refractivity contribution >= 4 is 11.6 Å². The standard InChI is InChI=1S/C13H18N2O4/c14-9-2-1-3-10(6-9)19-5-4-13(18)15-7-11(16)12(17)8-15/h1-3,6,11-12,16-17H,4-5,7-8,14H2. The van der Waals surface area contributed by atoms with Crippen molar-refractivity contribution in [2.24, 2.45) is 0 Å². The molecule has 0 spiro atoms. The second kappa shape index (κ2) is 5.90. The summed E-state index contributed by atoms with van der Waals surface area (Å²) in [5, 5.41) is 18.7. The zero-order valence-electron chi connectivity index (χ0n) is 10.5. The van der Waals surface area contributed by atoms with Gasteiger partial charge in [-0.2, -0.15) is 0 Å². The van der Waals surface area contributed by atoms with Crippen LogP contribution in [0.2, 0.25) is 0 Å². The van der Waals surface area contributed by atoms with Crippen LogP contribution in [0.3, 0.4) is 0 Å². The Balaban J connectivity index is 1.75. The van der Waals surface area contributed by atoms with E-state index in [-0.39, 0.29) is 32.0 Å². The fourth-order valence-electron chi connectivity index (χ4n) is 1.99. The number of benzene rings is 1. The van der Waals surface area contributed by atoms with Crippen LogP contribution in [0.25, 0.3) is 0 Å². The average molecular weight is 266 g/mol. The van der Waals surface area contributed by atoms with Gasteiger partial charge in [-0.05, 0) is 12.1 Å². The lowest BCUT2D eigenvalue weighted by molar-refractivity contribution is -0.131. The summed E-state index contributed by atoms with van der Waals surface area (Å²) >= 11 is 0. The quantitative estimate of drug-likeness (QED) is 0.645. The maximum Gasteiger partial charge on any atom is 0.226 e. The Hall–Kier alpha value is -1.79. The summed E-state index contributed by atoms with van der Waals surface area (Å²) in [6.07, 6.45) is -1.49. The summed E-state index contributed by atoms with van der Waals surface area (Å²) < 4.78 is 5.42. The Morgan fingerprint density at radius 3 is 2.68 bits per heavy atom.